The monoisotopic (exact) mass is 435 g/mol. The van der Waals surface area contributed by atoms with Crippen molar-refractivity contribution in [2.45, 2.75) is 11.7 Å². The molecule has 0 saturated carbocycles. The summed E-state index contributed by atoms with van der Waals surface area (Å²) in [7, 11) is 1.42. The number of nitrogens with two attached hydrogens (primary N) is 1. The molecule has 0 fully saturated rings. The molecule has 1 aliphatic heterocycles. The van der Waals surface area contributed by atoms with Gasteiger partial charge in [0.1, 0.15) is 28.6 Å². The van der Waals surface area contributed by atoms with Gasteiger partial charge in [-0.1, -0.05) is 29.8 Å². The highest BCUT2D eigenvalue weighted by atomic mass is 35.5. The van der Waals surface area contributed by atoms with Crippen molar-refractivity contribution in [3.05, 3.63) is 93.5 Å². The minimum absolute atomic E-state index is 0.0179. The number of halogens is 5. The van der Waals surface area contributed by atoms with E-state index in [0.717, 1.165) is 18.3 Å². The molecular formula is C21H14ClF4N3O. The van der Waals surface area contributed by atoms with Crippen LogP contribution in [-0.2, 0) is 11.7 Å². The van der Waals surface area contributed by atoms with Crippen molar-refractivity contribution in [2.75, 3.05) is 7.11 Å². The third-order valence-electron chi connectivity index (χ3n) is 4.95. The van der Waals surface area contributed by atoms with Crippen LogP contribution in [0.3, 0.4) is 0 Å². The smallest absolute Gasteiger partial charge is 0.433 e. The Balaban J connectivity index is 2.14. The zero-order chi connectivity index (χ0) is 21.7. The SMILES string of the molecule is COc1ccccc1C1(c2ccnc(C(F)(F)F)c2)N=C(N)c2c(F)cc(Cl)cc21. The predicted octanol–water partition coefficient (Wildman–Crippen LogP) is 4.91. The summed E-state index contributed by atoms with van der Waals surface area (Å²) < 4.78 is 60.4. The van der Waals surface area contributed by atoms with Crippen LogP contribution in [0.1, 0.15) is 27.9 Å². The number of ether oxygens (including phenoxy) is 1. The number of methoxy groups -OCH3 is 1. The Morgan fingerprint density at radius 1 is 1.07 bits per heavy atom. The summed E-state index contributed by atoms with van der Waals surface area (Å²) in [4.78, 5) is 7.91. The number of alkyl halides is 3. The number of hydrogen-bond donors (Lipinski definition) is 1. The summed E-state index contributed by atoms with van der Waals surface area (Å²) in [5, 5.41) is 0.0560. The summed E-state index contributed by atoms with van der Waals surface area (Å²) in [5.41, 5.74) is 4.01. The van der Waals surface area contributed by atoms with Crippen molar-refractivity contribution in [1.82, 2.24) is 4.98 Å². The van der Waals surface area contributed by atoms with Crippen molar-refractivity contribution in [3.8, 4) is 5.75 Å². The highest BCUT2D eigenvalue weighted by Gasteiger charge is 2.47. The summed E-state index contributed by atoms with van der Waals surface area (Å²) in [6, 6.07) is 11.4. The zero-order valence-electron chi connectivity index (χ0n) is 15.5. The number of nitrogens with zero attached hydrogens (tertiary/aromatic N) is 2. The molecule has 4 nitrogen and oxygen atoms in total. The number of benzene rings is 2. The second kappa shape index (κ2) is 6.98. The van der Waals surface area contributed by atoms with Gasteiger partial charge in [-0.15, -0.1) is 0 Å². The Kier molecular flexibility index (Phi) is 4.69. The normalized spacial score (nSPS) is 18.1. The number of aromatic nitrogens is 1. The number of hydrogen-bond acceptors (Lipinski definition) is 4. The van der Waals surface area contributed by atoms with Crippen LogP contribution in [-0.4, -0.2) is 17.9 Å². The Bertz CT molecular complexity index is 1180. The Labute approximate surface area is 174 Å². The van der Waals surface area contributed by atoms with E-state index >= 15 is 0 Å². The Morgan fingerprint density at radius 2 is 1.80 bits per heavy atom. The third-order valence-corrected chi connectivity index (χ3v) is 5.17. The quantitative estimate of drug-likeness (QED) is 0.594. The summed E-state index contributed by atoms with van der Waals surface area (Å²) in [6.45, 7) is 0. The van der Waals surface area contributed by atoms with Gasteiger partial charge in [0.25, 0.3) is 0 Å². The predicted molar refractivity (Wildman–Crippen MR) is 104 cm³/mol. The zero-order valence-corrected chi connectivity index (χ0v) is 16.2. The number of para-hydroxylation sites is 1. The molecule has 0 aliphatic carbocycles. The lowest BCUT2D eigenvalue weighted by Crippen LogP contribution is -2.27. The molecule has 0 saturated heterocycles. The number of amidine groups is 1. The van der Waals surface area contributed by atoms with Gasteiger partial charge in [0.15, 0.2) is 0 Å². The number of pyridine rings is 1. The highest BCUT2D eigenvalue weighted by molar-refractivity contribution is 6.31. The van der Waals surface area contributed by atoms with Gasteiger partial charge in [0.05, 0.1) is 12.7 Å². The van der Waals surface area contributed by atoms with E-state index in [1.807, 2.05) is 0 Å². The lowest BCUT2D eigenvalue weighted by molar-refractivity contribution is -0.141. The van der Waals surface area contributed by atoms with E-state index in [1.165, 1.54) is 19.2 Å². The van der Waals surface area contributed by atoms with Crippen LogP contribution in [0.15, 0.2) is 59.7 Å². The van der Waals surface area contributed by atoms with E-state index in [0.29, 0.717) is 11.3 Å². The van der Waals surface area contributed by atoms with Gasteiger partial charge in [-0.25, -0.2) is 9.38 Å². The maximum absolute atomic E-state index is 14.8. The molecular weight excluding hydrogens is 422 g/mol. The fourth-order valence-electron chi connectivity index (χ4n) is 3.75. The first-order valence-corrected chi connectivity index (χ1v) is 9.08. The van der Waals surface area contributed by atoms with Gasteiger partial charge in [-0.3, -0.25) is 4.98 Å². The first kappa shape index (κ1) is 20.2. The van der Waals surface area contributed by atoms with Gasteiger partial charge >= 0.3 is 6.18 Å². The third kappa shape index (κ3) is 2.99. The molecule has 0 spiro atoms. The molecule has 4 rings (SSSR count). The number of rotatable bonds is 3. The minimum atomic E-state index is -4.69. The molecule has 0 amide bonds. The topological polar surface area (TPSA) is 60.5 Å². The summed E-state index contributed by atoms with van der Waals surface area (Å²) in [5.74, 6) is -0.538. The van der Waals surface area contributed by atoms with Crippen LogP contribution >= 0.6 is 11.6 Å². The van der Waals surface area contributed by atoms with Gasteiger partial charge in [0, 0.05) is 22.3 Å². The van der Waals surface area contributed by atoms with Gasteiger partial charge in [-0.05, 0) is 35.9 Å². The molecule has 1 aliphatic rings. The van der Waals surface area contributed by atoms with Crippen LogP contribution in [0.4, 0.5) is 17.6 Å². The molecule has 0 bridgehead atoms. The minimum Gasteiger partial charge on any atom is -0.496 e. The first-order valence-electron chi connectivity index (χ1n) is 8.71. The fourth-order valence-corrected chi connectivity index (χ4v) is 3.96. The lowest BCUT2D eigenvalue weighted by atomic mass is 9.77. The van der Waals surface area contributed by atoms with Crippen LogP contribution < -0.4 is 10.5 Å². The molecule has 30 heavy (non-hydrogen) atoms. The van der Waals surface area contributed by atoms with Crippen LogP contribution in [0.25, 0.3) is 0 Å². The van der Waals surface area contributed by atoms with Crippen molar-refractivity contribution < 1.29 is 22.3 Å². The van der Waals surface area contributed by atoms with E-state index in [1.54, 1.807) is 24.3 Å². The maximum Gasteiger partial charge on any atom is 0.433 e. The molecule has 2 N–H and O–H groups in total. The Hall–Kier alpha value is -3.13. The van der Waals surface area contributed by atoms with E-state index in [-0.39, 0.29) is 27.5 Å². The van der Waals surface area contributed by atoms with Crippen LogP contribution in [0.2, 0.25) is 5.02 Å². The van der Waals surface area contributed by atoms with E-state index in [4.69, 9.17) is 22.1 Å². The molecule has 1 aromatic heterocycles. The first-order chi connectivity index (χ1) is 14.2. The second-order valence-corrected chi connectivity index (χ2v) is 7.08. The van der Waals surface area contributed by atoms with E-state index < -0.39 is 23.2 Å². The van der Waals surface area contributed by atoms with Gasteiger partial charge in [-0.2, -0.15) is 13.2 Å². The molecule has 3 aromatic rings. The highest BCUT2D eigenvalue weighted by Crippen LogP contribution is 2.50. The largest absolute Gasteiger partial charge is 0.496 e. The van der Waals surface area contributed by atoms with Gasteiger partial charge in [0.2, 0.25) is 0 Å². The molecule has 1 atom stereocenters. The molecule has 9 heteroatoms. The maximum atomic E-state index is 14.8. The van der Waals surface area contributed by atoms with E-state index in [9.17, 15) is 17.6 Å². The summed E-state index contributed by atoms with van der Waals surface area (Å²) >= 11 is 6.10. The summed E-state index contributed by atoms with van der Waals surface area (Å²) in [6.07, 6.45) is -3.66. The van der Waals surface area contributed by atoms with Crippen LogP contribution in [0, 0.1) is 5.82 Å². The molecule has 2 heterocycles. The van der Waals surface area contributed by atoms with Crippen LogP contribution in [0.5, 0.6) is 5.75 Å². The standard InChI is InChI=1S/C21H14ClF4N3O/c1-30-16-5-3-2-4-13(16)20(11-6-7-28-17(8-11)21(24,25)26)14-9-12(22)10-15(23)18(14)19(27)29-20/h2-10H,1H3,(H2,27,29). The van der Waals surface area contributed by atoms with Gasteiger partial charge < -0.3 is 10.5 Å². The van der Waals surface area contributed by atoms with Crippen molar-refractivity contribution in [1.29, 1.82) is 0 Å². The lowest BCUT2D eigenvalue weighted by Gasteiger charge is -2.31. The van der Waals surface area contributed by atoms with Crippen molar-refractivity contribution in [2.24, 2.45) is 10.7 Å². The second-order valence-electron chi connectivity index (χ2n) is 6.65. The average molecular weight is 436 g/mol. The van der Waals surface area contributed by atoms with Crippen molar-refractivity contribution >= 4 is 17.4 Å². The molecule has 1 unspecified atom stereocenters. The fraction of sp³-hybridized carbons (Fsp3) is 0.143. The van der Waals surface area contributed by atoms with E-state index in [2.05, 4.69) is 9.98 Å². The average Bonchev–Trinajstić information content (AvgIpc) is 3.00. The Morgan fingerprint density at radius 3 is 2.50 bits per heavy atom. The molecule has 0 radical (unpaired) electrons. The number of fused-ring (bicyclic) bond motifs is 1. The molecule has 2 aromatic carbocycles. The number of aliphatic imine (C=N–C) groups is 1. The molecule has 154 valence electrons. The van der Waals surface area contributed by atoms with Crippen molar-refractivity contribution in [3.63, 3.8) is 0 Å².